The molecule has 34 heavy (non-hydrogen) atoms. The number of carbonyl (C=O) groups excluding carboxylic acids is 2. The van der Waals surface area contributed by atoms with Crippen LogP contribution in [0, 0.1) is 0 Å². The zero-order valence-electron chi connectivity index (χ0n) is 17.9. The quantitative estimate of drug-likeness (QED) is 0.297. The van der Waals surface area contributed by atoms with Gasteiger partial charge in [-0.3, -0.25) is 24.2 Å². The van der Waals surface area contributed by atoms with Gasteiger partial charge in [-0.1, -0.05) is 0 Å². The first-order valence-corrected chi connectivity index (χ1v) is 10.2. The lowest BCUT2D eigenvalue weighted by Crippen LogP contribution is -2.41. The molecule has 3 rings (SSSR count). The van der Waals surface area contributed by atoms with Crippen LogP contribution < -0.4 is 21.5 Å². The van der Waals surface area contributed by atoms with Crippen molar-refractivity contribution in [3.63, 3.8) is 0 Å². The molecular weight excluding hydrogens is 448 g/mol. The zero-order chi connectivity index (χ0) is 24.8. The van der Waals surface area contributed by atoms with Crippen LogP contribution in [0.15, 0.2) is 34.1 Å². The number of anilines is 2. The van der Waals surface area contributed by atoms with Crippen molar-refractivity contribution in [1.82, 2.24) is 15.3 Å². The lowest BCUT2D eigenvalue weighted by molar-refractivity contribution is -0.140. The van der Waals surface area contributed by atoms with Crippen LogP contribution in [-0.2, 0) is 20.8 Å². The first kappa shape index (κ1) is 24.1. The molecule has 0 radical (unpaired) electrons. The number of fused-ring (bicyclic) bond motifs is 1. The Kier molecular flexibility index (Phi) is 7.36. The maximum atomic E-state index is 12.4. The average molecular weight is 470 g/mol. The van der Waals surface area contributed by atoms with Gasteiger partial charge in [-0.2, -0.15) is 0 Å². The van der Waals surface area contributed by atoms with Crippen LogP contribution in [0.1, 0.15) is 35.3 Å². The van der Waals surface area contributed by atoms with Gasteiger partial charge in [0.15, 0.2) is 0 Å². The minimum atomic E-state index is -1.35. The Balaban J connectivity index is 1.70. The highest BCUT2D eigenvalue weighted by Crippen LogP contribution is 2.22. The zero-order valence-corrected chi connectivity index (χ0v) is 17.9. The molecule has 0 fully saturated rings. The lowest BCUT2D eigenvalue weighted by atomic mass is 10.1. The maximum Gasteiger partial charge on any atom is 0.326 e. The molecule has 0 saturated carbocycles. The molecule has 1 aromatic carbocycles. The summed E-state index contributed by atoms with van der Waals surface area (Å²) in [6.07, 6.45) is 0.837. The Labute approximate surface area is 192 Å². The number of H-pyrrole nitrogens is 1. The van der Waals surface area contributed by atoms with Crippen LogP contribution in [0.25, 0.3) is 0 Å². The fourth-order valence-electron chi connectivity index (χ4n) is 3.37. The number of carboxylic acid groups (broad SMARTS) is 2. The summed E-state index contributed by atoms with van der Waals surface area (Å²) in [5.74, 6) is -3.20. The molecule has 6 N–H and O–H groups in total. The van der Waals surface area contributed by atoms with E-state index < -0.39 is 35.9 Å². The molecular formula is C21H22N6O7. The molecule has 1 aliphatic heterocycles. The summed E-state index contributed by atoms with van der Waals surface area (Å²) in [4.78, 5) is 70.2. The number of aryl methyl sites for hydroxylation is 1. The monoisotopic (exact) mass is 470 g/mol. The summed E-state index contributed by atoms with van der Waals surface area (Å²) in [7, 11) is 0. The van der Waals surface area contributed by atoms with E-state index in [9.17, 15) is 29.1 Å². The van der Waals surface area contributed by atoms with E-state index in [1.165, 1.54) is 29.2 Å². The van der Waals surface area contributed by atoms with Crippen molar-refractivity contribution < 1.29 is 29.4 Å². The summed E-state index contributed by atoms with van der Waals surface area (Å²) in [5.41, 5.74) is 6.90. The van der Waals surface area contributed by atoms with Crippen molar-refractivity contribution in [2.75, 3.05) is 17.2 Å². The van der Waals surface area contributed by atoms with Gasteiger partial charge in [0.1, 0.15) is 11.7 Å². The molecule has 1 aliphatic rings. The number of carboxylic acids is 2. The predicted molar refractivity (Wildman–Crippen MR) is 120 cm³/mol. The number of hydrogen-bond acceptors (Lipinski definition) is 8. The molecule has 0 aliphatic carbocycles. The predicted octanol–water partition coefficient (Wildman–Crippen LogP) is 0.0816. The van der Waals surface area contributed by atoms with Gasteiger partial charge < -0.3 is 26.2 Å². The smallest absolute Gasteiger partial charge is 0.326 e. The minimum absolute atomic E-state index is 0.0117. The van der Waals surface area contributed by atoms with Crippen molar-refractivity contribution in [1.29, 1.82) is 0 Å². The summed E-state index contributed by atoms with van der Waals surface area (Å²) < 4.78 is 0. The third-order valence-corrected chi connectivity index (χ3v) is 5.10. The molecule has 178 valence electrons. The molecule has 0 bridgehead atoms. The average Bonchev–Trinajstić information content (AvgIpc) is 2.80. The van der Waals surface area contributed by atoms with Crippen molar-refractivity contribution >= 4 is 47.3 Å². The van der Waals surface area contributed by atoms with Crippen molar-refractivity contribution in [2.24, 2.45) is 4.99 Å². The lowest BCUT2D eigenvalue weighted by Gasteiger charge is -2.21. The molecule has 13 nitrogen and oxygen atoms in total. The van der Waals surface area contributed by atoms with E-state index in [0.717, 1.165) is 0 Å². The molecule has 13 heteroatoms. The Bertz CT molecular complexity index is 1210. The molecule has 1 aromatic heterocycles. The third kappa shape index (κ3) is 5.82. The third-order valence-electron chi connectivity index (χ3n) is 5.10. The first-order valence-electron chi connectivity index (χ1n) is 10.2. The molecule has 2 heterocycles. The van der Waals surface area contributed by atoms with Crippen LogP contribution in [0.4, 0.5) is 17.3 Å². The SMILES string of the molecule is Nc1nc2c(c(=O)[nH]1)N=C(CN(C=O)c1ccc(C(=O)N[C@H](CCC(=O)O)C(=O)O)cc1)CC2. The van der Waals surface area contributed by atoms with Gasteiger partial charge in [0.25, 0.3) is 11.5 Å². The van der Waals surface area contributed by atoms with Gasteiger partial charge in [-0.25, -0.2) is 14.8 Å². The highest BCUT2D eigenvalue weighted by atomic mass is 16.4. The highest BCUT2D eigenvalue weighted by Gasteiger charge is 2.22. The summed E-state index contributed by atoms with van der Waals surface area (Å²) in [6.45, 7) is 0.106. The van der Waals surface area contributed by atoms with E-state index in [2.05, 4.69) is 20.3 Å². The molecule has 0 spiro atoms. The number of nitrogens with zero attached hydrogens (tertiary/aromatic N) is 3. The first-order chi connectivity index (χ1) is 16.2. The number of nitrogens with one attached hydrogen (secondary N) is 2. The number of aliphatic imine (C=N–C) groups is 1. The Morgan fingerprint density at radius 3 is 2.53 bits per heavy atom. The van der Waals surface area contributed by atoms with Crippen LogP contribution >= 0.6 is 0 Å². The largest absolute Gasteiger partial charge is 0.481 e. The Morgan fingerprint density at radius 1 is 1.21 bits per heavy atom. The number of aromatic amines is 1. The maximum absolute atomic E-state index is 12.4. The highest BCUT2D eigenvalue weighted by molar-refractivity contribution is 5.98. The van der Waals surface area contributed by atoms with Gasteiger partial charge >= 0.3 is 11.9 Å². The normalized spacial score (nSPS) is 13.2. The number of hydrogen-bond donors (Lipinski definition) is 5. The number of amides is 2. The van der Waals surface area contributed by atoms with Gasteiger partial charge in [-0.15, -0.1) is 0 Å². The molecule has 0 saturated heterocycles. The number of nitrogens with two attached hydrogens (primary N) is 1. The Hall–Kier alpha value is -4.55. The number of rotatable bonds is 10. The molecule has 1 atom stereocenters. The number of nitrogen functional groups attached to an aromatic ring is 1. The van der Waals surface area contributed by atoms with Crippen LogP contribution in [0.5, 0.6) is 0 Å². The standard InChI is InChI=1S/C21H22N6O7/c22-21-25-14-6-3-12(23-17(14)19(32)26-21)9-27(10-28)13-4-1-11(2-5-13)18(31)24-15(20(33)34)7-8-16(29)30/h1-2,4-5,10,15H,3,6-9H2,(H,24,31)(H,29,30)(H,33,34)(H3,22,25,26,32)/t15-/m1/s1. The van der Waals surface area contributed by atoms with Gasteiger partial charge in [0, 0.05) is 23.4 Å². The molecule has 0 unspecified atom stereocenters. The fraction of sp³-hybridized carbons (Fsp3) is 0.286. The van der Waals surface area contributed by atoms with E-state index in [4.69, 9.17) is 10.8 Å². The second-order valence-corrected chi connectivity index (χ2v) is 7.50. The second-order valence-electron chi connectivity index (χ2n) is 7.50. The van der Waals surface area contributed by atoms with Gasteiger partial charge in [0.05, 0.1) is 12.2 Å². The number of aliphatic carboxylic acids is 2. The summed E-state index contributed by atoms with van der Waals surface area (Å²) in [6, 6.07) is 4.47. The fourth-order valence-corrected chi connectivity index (χ4v) is 3.37. The van der Waals surface area contributed by atoms with Crippen LogP contribution in [0.2, 0.25) is 0 Å². The van der Waals surface area contributed by atoms with Crippen molar-refractivity contribution in [2.45, 2.75) is 31.7 Å². The second kappa shape index (κ2) is 10.4. The Morgan fingerprint density at radius 2 is 1.91 bits per heavy atom. The topological polar surface area (TPSA) is 208 Å². The van der Waals surface area contributed by atoms with Crippen molar-refractivity contribution in [3.05, 3.63) is 45.9 Å². The summed E-state index contributed by atoms with van der Waals surface area (Å²) in [5, 5.41) is 20.2. The van der Waals surface area contributed by atoms with E-state index in [1.807, 2.05) is 0 Å². The van der Waals surface area contributed by atoms with Crippen molar-refractivity contribution in [3.8, 4) is 0 Å². The van der Waals surface area contributed by atoms with Crippen LogP contribution in [-0.4, -0.2) is 62.7 Å². The van der Waals surface area contributed by atoms with E-state index in [1.54, 1.807) is 0 Å². The van der Waals surface area contributed by atoms with Gasteiger partial charge in [0.2, 0.25) is 12.4 Å². The minimum Gasteiger partial charge on any atom is -0.481 e. The van der Waals surface area contributed by atoms with E-state index in [-0.39, 0.29) is 30.2 Å². The number of aromatic nitrogens is 2. The van der Waals surface area contributed by atoms with Crippen LogP contribution in [0.3, 0.4) is 0 Å². The van der Waals surface area contributed by atoms with E-state index >= 15 is 0 Å². The number of carbonyl (C=O) groups is 4. The molecule has 2 aromatic rings. The van der Waals surface area contributed by atoms with E-state index in [0.29, 0.717) is 36.3 Å². The number of benzene rings is 1. The van der Waals surface area contributed by atoms with Gasteiger partial charge in [-0.05, 0) is 43.5 Å². The summed E-state index contributed by atoms with van der Waals surface area (Å²) >= 11 is 0. The molecule has 2 amide bonds.